The molecule has 0 aromatic heterocycles. The maximum Gasteiger partial charge on any atom is 0.257 e. The number of para-hydroxylation sites is 1. The number of nitrogens with zero attached hydrogens (tertiary/aromatic N) is 1. The number of carbonyl (C=O) groups excluding carboxylic acids is 1. The highest BCUT2D eigenvalue weighted by molar-refractivity contribution is 6.32. The molecule has 0 spiro atoms. The van der Waals surface area contributed by atoms with Gasteiger partial charge in [-0.25, -0.2) is 0 Å². The summed E-state index contributed by atoms with van der Waals surface area (Å²) in [7, 11) is 0. The lowest BCUT2D eigenvalue weighted by molar-refractivity contribution is -0.123. The summed E-state index contributed by atoms with van der Waals surface area (Å²) in [4.78, 5) is 13.9. The normalized spacial score (nSPS) is 10.6. The molecule has 0 unspecified atom stereocenters. The van der Waals surface area contributed by atoms with E-state index in [9.17, 15) is 4.79 Å². The van der Waals surface area contributed by atoms with E-state index in [1.807, 2.05) is 12.1 Å². The molecule has 0 radical (unpaired) electrons. The second-order valence-corrected chi connectivity index (χ2v) is 4.86. The number of nitrogens with one attached hydrogen (secondary N) is 1. The molecule has 1 amide bonds. The van der Waals surface area contributed by atoms with Crippen molar-refractivity contribution in [3.63, 3.8) is 0 Å². The highest BCUT2D eigenvalue weighted by Gasteiger charge is 2.05. The molecule has 1 N–H and O–H groups in total. The van der Waals surface area contributed by atoms with Crippen molar-refractivity contribution >= 4 is 17.5 Å². The number of hydrogen-bond donors (Lipinski definition) is 1. The van der Waals surface area contributed by atoms with Crippen LogP contribution < -0.4 is 10.1 Å². The van der Waals surface area contributed by atoms with Gasteiger partial charge < -0.3 is 15.0 Å². The Morgan fingerprint density at radius 3 is 2.65 bits per heavy atom. The second-order valence-electron chi connectivity index (χ2n) is 4.45. The molecule has 1 rings (SSSR count). The molecule has 0 aliphatic carbocycles. The largest absolute Gasteiger partial charge is 0.482 e. The number of carbonyl (C=O) groups is 1. The van der Waals surface area contributed by atoms with E-state index < -0.39 is 0 Å². The summed E-state index contributed by atoms with van der Waals surface area (Å²) < 4.78 is 5.36. The van der Waals surface area contributed by atoms with Gasteiger partial charge in [-0.05, 0) is 38.2 Å². The van der Waals surface area contributed by atoms with E-state index in [0.717, 1.165) is 26.1 Å². The summed E-state index contributed by atoms with van der Waals surface area (Å²) in [6.45, 7) is 8.02. The van der Waals surface area contributed by atoms with Gasteiger partial charge in [-0.1, -0.05) is 37.6 Å². The van der Waals surface area contributed by atoms with Crippen LogP contribution in [0.3, 0.4) is 0 Å². The van der Waals surface area contributed by atoms with Gasteiger partial charge in [0.2, 0.25) is 0 Å². The lowest BCUT2D eigenvalue weighted by atomic mass is 10.3. The zero-order valence-electron chi connectivity index (χ0n) is 12.2. The van der Waals surface area contributed by atoms with Crippen molar-refractivity contribution in [2.24, 2.45) is 0 Å². The van der Waals surface area contributed by atoms with E-state index in [2.05, 4.69) is 24.1 Å². The molecule has 0 saturated carbocycles. The first-order valence-corrected chi connectivity index (χ1v) is 7.41. The van der Waals surface area contributed by atoms with Gasteiger partial charge in [-0.3, -0.25) is 4.79 Å². The molecule has 0 heterocycles. The predicted molar refractivity (Wildman–Crippen MR) is 82.4 cm³/mol. The Balaban J connectivity index is 2.16. The molecule has 1 aromatic rings. The number of rotatable bonds is 9. The monoisotopic (exact) mass is 298 g/mol. The first-order valence-electron chi connectivity index (χ1n) is 7.03. The van der Waals surface area contributed by atoms with Crippen LogP contribution in [0.4, 0.5) is 0 Å². The number of benzene rings is 1. The molecular weight excluding hydrogens is 276 g/mol. The first-order chi connectivity index (χ1) is 9.67. The molecule has 0 fully saturated rings. The quantitative estimate of drug-likeness (QED) is 0.713. The predicted octanol–water partition coefficient (Wildman–Crippen LogP) is 2.57. The van der Waals surface area contributed by atoms with Gasteiger partial charge in [0.15, 0.2) is 6.61 Å². The lowest BCUT2D eigenvalue weighted by Crippen LogP contribution is -2.32. The van der Waals surface area contributed by atoms with E-state index >= 15 is 0 Å². The van der Waals surface area contributed by atoms with Crippen LogP contribution in [0.2, 0.25) is 5.02 Å². The molecule has 0 aliphatic rings. The molecule has 0 atom stereocenters. The standard InChI is InChI=1S/C15H23ClN2O2/c1-3-18(4-2)11-7-10-17-15(19)12-20-14-9-6-5-8-13(14)16/h5-6,8-9H,3-4,7,10-12H2,1-2H3,(H,17,19). The summed E-state index contributed by atoms with van der Waals surface area (Å²) in [5.74, 6) is 0.414. The Hall–Kier alpha value is -1.26. The van der Waals surface area contributed by atoms with Crippen LogP contribution in [0.5, 0.6) is 5.75 Å². The van der Waals surface area contributed by atoms with Gasteiger partial charge in [0.1, 0.15) is 5.75 Å². The van der Waals surface area contributed by atoms with Gasteiger partial charge in [0.25, 0.3) is 5.91 Å². The Morgan fingerprint density at radius 2 is 2.00 bits per heavy atom. The summed E-state index contributed by atoms with van der Waals surface area (Å²) in [5, 5.41) is 3.36. The third kappa shape index (κ3) is 6.26. The van der Waals surface area contributed by atoms with E-state index in [1.54, 1.807) is 12.1 Å². The van der Waals surface area contributed by atoms with Gasteiger partial charge in [0.05, 0.1) is 5.02 Å². The van der Waals surface area contributed by atoms with E-state index in [-0.39, 0.29) is 12.5 Å². The second kappa shape index (κ2) is 9.61. The highest BCUT2D eigenvalue weighted by atomic mass is 35.5. The fraction of sp³-hybridized carbons (Fsp3) is 0.533. The van der Waals surface area contributed by atoms with Crippen molar-refractivity contribution in [1.82, 2.24) is 10.2 Å². The fourth-order valence-corrected chi connectivity index (χ4v) is 2.02. The molecule has 0 bridgehead atoms. The van der Waals surface area contributed by atoms with Gasteiger partial charge in [-0.15, -0.1) is 0 Å². The minimum atomic E-state index is -0.121. The van der Waals surface area contributed by atoms with Crippen LogP contribution in [-0.2, 0) is 4.79 Å². The van der Waals surface area contributed by atoms with Crippen LogP contribution in [0.1, 0.15) is 20.3 Å². The maximum absolute atomic E-state index is 11.6. The van der Waals surface area contributed by atoms with Crippen LogP contribution in [0.25, 0.3) is 0 Å². The Labute approximate surface area is 126 Å². The van der Waals surface area contributed by atoms with Gasteiger partial charge in [0, 0.05) is 6.54 Å². The zero-order chi connectivity index (χ0) is 14.8. The van der Waals surface area contributed by atoms with Crippen molar-refractivity contribution in [3.05, 3.63) is 29.3 Å². The topological polar surface area (TPSA) is 41.6 Å². The molecule has 0 saturated heterocycles. The van der Waals surface area contributed by atoms with Crippen LogP contribution in [0, 0.1) is 0 Å². The molecule has 5 heteroatoms. The van der Waals surface area contributed by atoms with Crippen molar-refractivity contribution in [2.45, 2.75) is 20.3 Å². The molecule has 20 heavy (non-hydrogen) atoms. The summed E-state index contributed by atoms with van der Waals surface area (Å²) >= 11 is 5.94. The molecule has 0 aliphatic heterocycles. The summed E-state index contributed by atoms with van der Waals surface area (Å²) in [6.07, 6.45) is 0.944. The SMILES string of the molecule is CCN(CC)CCCNC(=O)COc1ccccc1Cl. The van der Waals surface area contributed by atoms with Crippen LogP contribution in [-0.4, -0.2) is 43.6 Å². The van der Waals surface area contributed by atoms with Crippen molar-refractivity contribution in [2.75, 3.05) is 32.8 Å². The molecule has 112 valence electrons. The van der Waals surface area contributed by atoms with E-state index in [4.69, 9.17) is 16.3 Å². The molecular formula is C15H23ClN2O2. The maximum atomic E-state index is 11.6. The summed E-state index contributed by atoms with van der Waals surface area (Å²) in [6, 6.07) is 7.13. The van der Waals surface area contributed by atoms with Crippen LogP contribution in [0.15, 0.2) is 24.3 Å². The Bertz CT molecular complexity index is 409. The lowest BCUT2D eigenvalue weighted by Gasteiger charge is -2.17. The number of amides is 1. The van der Waals surface area contributed by atoms with E-state index in [0.29, 0.717) is 17.3 Å². The van der Waals surface area contributed by atoms with Gasteiger partial charge >= 0.3 is 0 Å². The minimum absolute atomic E-state index is 0.00496. The van der Waals surface area contributed by atoms with Gasteiger partial charge in [-0.2, -0.15) is 0 Å². The molecule has 4 nitrogen and oxygen atoms in total. The van der Waals surface area contributed by atoms with E-state index in [1.165, 1.54) is 0 Å². The Morgan fingerprint density at radius 1 is 1.30 bits per heavy atom. The first kappa shape index (κ1) is 16.8. The zero-order valence-corrected chi connectivity index (χ0v) is 12.9. The number of ether oxygens (including phenoxy) is 1. The molecule has 1 aromatic carbocycles. The minimum Gasteiger partial charge on any atom is -0.482 e. The third-order valence-corrected chi connectivity index (χ3v) is 3.38. The van der Waals surface area contributed by atoms with Crippen molar-refractivity contribution in [3.8, 4) is 5.75 Å². The van der Waals surface area contributed by atoms with Crippen molar-refractivity contribution in [1.29, 1.82) is 0 Å². The Kier molecular flexibility index (Phi) is 8.07. The summed E-state index contributed by atoms with van der Waals surface area (Å²) in [5.41, 5.74) is 0. The third-order valence-electron chi connectivity index (χ3n) is 3.06. The fourth-order valence-electron chi connectivity index (χ4n) is 1.83. The highest BCUT2D eigenvalue weighted by Crippen LogP contribution is 2.22. The average molecular weight is 299 g/mol. The average Bonchev–Trinajstić information content (AvgIpc) is 2.46. The smallest absolute Gasteiger partial charge is 0.257 e. The number of hydrogen-bond acceptors (Lipinski definition) is 3. The van der Waals surface area contributed by atoms with Crippen LogP contribution >= 0.6 is 11.6 Å². The van der Waals surface area contributed by atoms with Crippen molar-refractivity contribution < 1.29 is 9.53 Å². The number of halogens is 1.